The first-order valence-electron chi connectivity index (χ1n) is 9.37. The van der Waals surface area contributed by atoms with E-state index in [0.717, 1.165) is 44.3 Å². The number of hydrogen-bond donors (Lipinski definition) is 2. The predicted octanol–water partition coefficient (Wildman–Crippen LogP) is 2.78. The first-order chi connectivity index (χ1) is 12.9. The van der Waals surface area contributed by atoms with Gasteiger partial charge in [-0.05, 0) is 25.3 Å². The van der Waals surface area contributed by atoms with E-state index in [-0.39, 0.29) is 24.0 Å². The Bertz CT molecular complexity index is 656. The lowest BCUT2D eigenvalue weighted by Gasteiger charge is -2.33. The summed E-state index contributed by atoms with van der Waals surface area (Å²) >= 11 is 0. The largest absolute Gasteiger partial charge is 0.375 e. The third-order valence-corrected chi connectivity index (χ3v) is 4.56. The highest BCUT2D eigenvalue weighted by atomic mass is 127. The van der Waals surface area contributed by atoms with Crippen LogP contribution in [0.2, 0.25) is 0 Å². The van der Waals surface area contributed by atoms with Crippen molar-refractivity contribution in [1.29, 1.82) is 0 Å². The third kappa shape index (κ3) is 6.76. The van der Waals surface area contributed by atoms with Gasteiger partial charge in [0.05, 0.1) is 19.8 Å². The summed E-state index contributed by atoms with van der Waals surface area (Å²) in [7, 11) is 0. The van der Waals surface area contributed by atoms with E-state index < -0.39 is 0 Å². The summed E-state index contributed by atoms with van der Waals surface area (Å²) in [5.74, 6) is 2.44. The highest BCUT2D eigenvalue weighted by molar-refractivity contribution is 14.0. The minimum atomic E-state index is 0. The summed E-state index contributed by atoms with van der Waals surface area (Å²) in [5, 5.41) is 10.4. The van der Waals surface area contributed by atoms with E-state index in [9.17, 15) is 0 Å². The second-order valence-electron chi connectivity index (χ2n) is 6.41. The standard InChI is InChI=1S/C19H28N6O.HI/c1-2-20-19(21-10-13-26-14-16-6-4-3-5-7-16)25-11-8-17(9-12-25)18-22-15-23-24-18;/h3-7,15,17H,2,8-14H2,1H3,(H,20,21)(H,22,23,24);1H. The molecule has 27 heavy (non-hydrogen) atoms. The van der Waals surface area contributed by atoms with Crippen molar-refractivity contribution < 1.29 is 4.74 Å². The van der Waals surface area contributed by atoms with Crippen LogP contribution < -0.4 is 5.32 Å². The number of guanidine groups is 1. The molecule has 1 aliphatic rings. The molecule has 7 nitrogen and oxygen atoms in total. The van der Waals surface area contributed by atoms with Crippen molar-refractivity contribution in [3.8, 4) is 0 Å². The van der Waals surface area contributed by atoms with E-state index in [0.29, 0.717) is 25.7 Å². The number of nitrogens with one attached hydrogen (secondary N) is 2. The first kappa shape index (κ1) is 21.6. The van der Waals surface area contributed by atoms with Crippen LogP contribution in [-0.4, -0.2) is 58.8 Å². The molecule has 0 amide bonds. The van der Waals surface area contributed by atoms with E-state index in [1.54, 1.807) is 6.33 Å². The fraction of sp³-hybridized carbons (Fsp3) is 0.526. The van der Waals surface area contributed by atoms with Crippen LogP contribution in [0.3, 0.4) is 0 Å². The molecule has 0 radical (unpaired) electrons. The maximum atomic E-state index is 5.73. The number of nitrogens with zero attached hydrogens (tertiary/aromatic N) is 4. The summed E-state index contributed by atoms with van der Waals surface area (Å²) in [6.45, 7) is 6.84. The zero-order chi connectivity index (χ0) is 18.0. The normalized spacial score (nSPS) is 15.4. The van der Waals surface area contributed by atoms with Gasteiger partial charge in [0.2, 0.25) is 0 Å². The Labute approximate surface area is 178 Å². The smallest absolute Gasteiger partial charge is 0.193 e. The van der Waals surface area contributed by atoms with E-state index in [1.807, 2.05) is 18.2 Å². The summed E-state index contributed by atoms with van der Waals surface area (Å²) in [6.07, 6.45) is 3.71. The SMILES string of the molecule is CCNC(=NCCOCc1ccccc1)N1CCC(c2ncn[nH]2)CC1.I. The van der Waals surface area contributed by atoms with Gasteiger partial charge in [-0.3, -0.25) is 10.1 Å². The van der Waals surface area contributed by atoms with Crippen molar-refractivity contribution in [2.24, 2.45) is 4.99 Å². The number of aromatic amines is 1. The van der Waals surface area contributed by atoms with Crippen molar-refractivity contribution in [3.63, 3.8) is 0 Å². The summed E-state index contributed by atoms with van der Waals surface area (Å²) in [6, 6.07) is 10.2. The molecular weight excluding hydrogens is 455 g/mol. The minimum Gasteiger partial charge on any atom is -0.375 e. The molecule has 1 saturated heterocycles. The minimum absolute atomic E-state index is 0. The number of rotatable bonds is 7. The highest BCUT2D eigenvalue weighted by Gasteiger charge is 2.24. The van der Waals surface area contributed by atoms with Gasteiger partial charge in [0.15, 0.2) is 5.96 Å². The Hall–Kier alpha value is -1.68. The van der Waals surface area contributed by atoms with Crippen LogP contribution in [0.25, 0.3) is 0 Å². The fourth-order valence-corrected chi connectivity index (χ4v) is 3.18. The van der Waals surface area contributed by atoms with Gasteiger partial charge >= 0.3 is 0 Å². The summed E-state index contributed by atoms with van der Waals surface area (Å²) in [5.41, 5.74) is 1.19. The van der Waals surface area contributed by atoms with Crippen molar-refractivity contribution >= 4 is 29.9 Å². The third-order valence-electron chi connectivity index (χ3n) is 4.56. The number of halogens is 1. The first-order valence-corrected chi connectivity index (χ1v) is 9.37. The second-order valence-corrected chi connectivity index (χ2v) is 6.41. The summed E-state index contributed by atoms with van der Waals surface area (Å²) in [4.78, 5) is 11.3. The predicted molar refractivity (Wildman–Crippen MR) is 117 cm³/mol. The molecule has 1 aliphatic heterocycles. The topological polar surface area (TPSA) is 78.4 Å². The Balaban J connectivity index is 0.00000261. The number of benzene rings is 1. The highest BCUT2D eigenvalue weighted by Crippen LogP contribution is 2.24. The second kappa shape index (κ2) is 11.9. The van der Waals surface area contributed by atoms with E-state index in [1.165, 1.54) is 5.56 Å². The molecule has 8 heteroatoms. The number of aliphatic imine (C=N–C) groups is 1. The summed E-state index contributed by atoms with van der Waals surface area (Å²) < 4.78 is 5.73. The van der Waals surface area contributed by atoms with E-state index >= 15 is 0 Å². The van der Waals surface area contributed by atoms with E-state index in [2.05, 4.69) is 44.5 Å². The average molecular weight is 484 g/mol. The van der Waals surface area contributed by atoms with Crippen LogP contribution in [0.5, 0.6) is 0 Å². The molecule has 0 aliphatic carbocycles. The molecule has 1 aromatic carbocycles. The Morgan fingerprint density at radius 1 is 1.30 bits per heavy atom. The number of H-pyrrole nitrogens is 1. The van der Waals surface area contributed by atoms with E-state index in [4.69, 9.17) is 9.73 Å². The molecule has 148 valence electrons. The van der Waals surface area contributed by atoms with Crippen LogP contribution in [0.1, 0.15) is 37.1 Å². The van der Waals surface area contributed by atoms with Gasteiger partial charge in [-0.15, -0.1) is 24.0 Å². The van der Waals surface area contributed by atoms with Crippen molar-refractivity contribution in [2.45, 2.75) is 32.3 Å². The van der Waals surface area contributed by atoms with Crippen LogP contribution in [0.15, 0.2) is 41.7 Å². The molecule has 0 unspecified atom stereocenters. The molecule has 1 aromatic heterocycles. The number of ether oxygens (including phenoxy) is 1. The number of likely N-dealkylation sites (tertiary alicyclic amines) is 1. The maximum Gasteiger partial charge on any atom is 0.193 e. The van der Waals surface area contributed by atoms with Crippen LogP contribution in [0.4, 0.5) is 0 Å². The number of aromatic nitrogens is 3. The van der Waals surface area contributed by atoms with Gasteiger partial charge in [0, 0.05) is 25.6 Å². The molecule has 3 rings (SSSR count). The zero-order valence-corrected chi connectivity index (χ0v) is 18.1. The Kier molecular flexibility index (Phi) is 9.54. The van der Waals surface area contributed by atoms with Gasteiger partial charge in [-0.2, -0.15) is 5.10 Å². The van der Waals surface area contributed by atoms with Crippen molar-refractivity contribution in [3.05, 3.63) is 48.0 Å². The van der Waals surface area contributed by atoms with Crippen molar-refractivity contribution in [1.82, 2.24) is 25.4 Å². The van der Waals surface area contributed by atoms with Gasteiger partial charge in [0.25, 0.3) is 0 Å². The molecule has 2 aromatic rings. The molecule has 1 fully saturated rings. The molecule has 0 spiro atoms. The Morgan fingerprint density at radius 2 is 2.07 bits per heavy atom. The fourth-order valence-electron chi connectivity index (χ4n) is 3.18. The Morgan fingerprint density at radius 3 is 2.74 bits per heavy atom. The lowest BCUT2D eigenvalue weighted by atomic mass is 9.96. The molecule has 0 bridgehead atoms. The van der Waals surface area contributed by atoms with Gasteiger partial charge in [0.1, 0.15) is 12.2 Å². The maximum absolute atomic E-state index is 5.73. The number of piperidine rings is 1. The van der Waals surface area contributed by atoms with Crippen LogP contribution in [0, 0.1) is 0 Å². The van der Waals surface area contributed by atoms with Gasteiger partial charge in [-0.25, -0.2) is 4.98 Å². The lowest BCUT2D eigenvalue weighted by molar-refractivity contribution is 0.128. The molecule has 2 N–H and O–H groups in total. The van der Waals surface area contributed by atoms with Gasteiger partial charge in [-0.1, -0.05) is 30.3 Å². The lowest BCUT2D eigenvalue weighted by Crippen LogP contribution is -2.45. The van der Waals surface area contributed by atoms with Crippen molar-refractivity contribution in [2.75, 3.05) is 32.8 Å². The van der Waals surface area contributed by atoms with Crippen LogP contribution in [-0.2, 0) is 11.3 Å². The monoisotopic (exact) mass is 484 g/mol. The number of hydrogen-bond acceptors (Lipinski definition) is 4. The quantitative estimate of drug-likeness (QED) is 0.274. The molecule has 2 heterocycles. The zero-order valence-electron chi connectivity index (χ0n) is 15.8. The van der Waals surface area contributed by atoms with Crippen LogP contribution >= 0.6 is 24.0 Å². The molecular formula is C19H29IN6O. The molecule has 0 atom stereocenters. The van der Waals surface area contributed by atoms with Gasteiger partial charge < -0.3 is 15.0 Å². The average Bonchev–Trinajstić information content (AvgIpc) is 3.23. The molecule has 0 saturated carbocycles.